The normalized spacial score (nSPS) is 21.8. The van der Waals surface area contributed by atoms with Crippen molar-refractivity contribution in [2.24, 2.45) is 4.99 Å². The fourth-order valence-electron chi connectivity index (χ4n) is 3.66. The Morgan fingerprint density at radius 1 is 1.18 bits per heavy atom. The summed E-state index contributed by atoms with van der Waals surface area (Å²) in [7, 11) is 1.98. The van der Waals surface area contributed by atoms with Crippen molar-refractivity contribution in [1.82, 2.24) is 0 Å². The molecular weight excluding hydrogens is 272 g/mol. The number of hydrogen-bond acceptors (Lipinski definition) is 3. The number of rotatable bonds is 2. The summed E-state index contributed by atoms with van der Waals surface area (Å²) in [6.07, 6.45) is 2.37. The molecule has 0 fully saturated rings. The second-order valence-corrected chi connectivity index (χ2v) is 5.76. The van der Waals surface area contributed by atoms with Crippen LogP contribution in [0.15, 0.2) is 66.2 Å². The standard InChI is InChI=1S/C19H16N2O/c1-3-12-19-14-9-5-6-10-15(14)20-18(19)21(2)16-11-7-4-8-13(16)17(19)22/h3-11H,1,12H2,2H3. The van der Waals surface area contributed by atoms with Crippen LogP contribution >= 0.6 is 0 Å². The maximum atomic E-state index is 13.4. The molecule has 0 saturated carbocycles. The van der Waals surface area contributed by atoms with Gasteiger partial charge in [-0.05, 0) is 30.2 Å². The summed E-state index contributed by atoms with van der Waals surface area (Å²) in [5.41, 5.74) is 2.80. The molecule has 0 radical (unpaired) electrons. The molecule has 1 atom stereocenters. The topological polar surface area (TPSA) is 32.7 Å². The number of ketones is 1. The van der Waals surface area contributed by atoms with Crippen molar-refractivity contribution in [2.45, 2.75) is 11.8 Å². The number of anilines is 1. The maximum Gasteiger partial charge on any atom is 0.183 e. The van der Waals surface area contributed by atoms with Gasteiger partial charge in [-0.1, -0.05) is 36.4 Å². The molecule has 22 heavy (non-hydrogen) atoms. The Bertz CT molecular complexity index is 837. The fourth-order valence-corrected chi connectivity index (χ4v) is 3.66. The number of amidine groups is 1. The van der Waals surface area contributed by atoms with Crippen LogP contribution < -0.4 is 4.90 Å². The van der Waals surface area contributed by atoms with Crippen molar-refractivity contribution in [3.8, 4) is 0 Å². The lowest BCUT2D eigenvalue weighted by molar-refractivity contribution is 0.0928. The smallest absolute Gasteiger partial charge is 0.183 e. The predicted octanol–water partition coefficient (Wildman–Crippen LogP) is 3.88. The molecule has 0 aromatic heterocycles. The first-order valence-corrected chi connectivity index (χ1v) is 7.37. The lowest BCUT2D eigenvalue weighted by Gasteiger charge is -2.40. The number of aliphatic imine (C=N–C) groups is 1. The molecule has 3 heteroatoms. The Kier molecular flexibility index (Phi) is 2.61. The number of carbonyl (C=O) groups is 1. The van der Waals surface area contributed by atoms with E-state index in [1.807, 2.05) is 66.6 Å². The van der Waals surface area contributed by atoms with Gasteiger partial charge in [-0.2, -0.15) is 0 Å². The minimum atomic E-state index is -0.735. The van der Waals surface area contributed by atoms with E-state index in [1.165, 1.54) is 0 Å². The number of carbonyl (C=O) groups excluding carboxylic acids is 1. The number of para-hydroxylation sites is 2. The van der Waals surface area contributed by atoms with Gasteiger partial charge in [-0.25, -0.2) is 4.99 Å². The van der Waals surface area contributed by atoms with E-state index < -0.39 is 5.41 Å². The Labute approximate surface area is 129 Å². The average molecular weight is 288 g/mol. The molecule has 0 spiro atoms. The van der Waals surface area contributed by atoms with Crippen LogP contribution in [0.1, 0.15) is 22.3 Å². The third kappa shape index (κ3) is 1.40. The van der Waals surface area contributed by atoms with Gasteiger partial charge in [0.2, 0.25) is 0 Å². The van der Waals surface area contributed by atoms with Crippen molar-refractivity contribution in [3.05, 3.63) is 72.3 Å². The Morgan fingerprint density at radius 3 is 2.73 bits per heavy atom. The molecule has 2 aliphatic heterocycles. The molecule has 4 rings (SSSR count). The highest BCUT2D eigenvalue weighted by Gasteiger charge is 2.54. The minimum Gasteiger partial charge on any atom is -0.331 e. The van der Waals surface area contributed by atoms with E-state index in [1.54, 1.807) is 0 Å². The quantitative estimate of drug-likeness (QED) is 0.786. The SMILES string of the molecule is C=CCC12C(=O)c3ccccc3N(C)C1=Nc1ccccc12. The molecule has 2 aromatic carbocycles. The van der Waals surface area contributed by atoms with Gasteiger partial charge in [0.05, 0.1) is 11.4 Å². The summed E-state index contributed by atoms with van der Waals surface area (Å²) in [4.78, 5) is 20.2. The molecule has 2 aliphatic rings. The van der Waals surface area contributed by atoms with Crippen molar-refractivity contribution >= 4 is 23.0 Å². The largest absolute Gasteiger partial charge is 0.331 e. The van der Waals surface area contributed by atoms with Crippen LogP contribution in [0.3, 0.4) is 0 Å². The molecular formula is C19H16N2O. The highest BCUT2D eigenvalue weighted by Crippen LogP contribution is 2.49. The summed E-state index contributed by atoms with van der Waals surface area (Å²) in [6.45, 7) is 3.87. The fraction of sp³-hybridized carbons (Fsp3) is 0.158. The molecule has 3 nitrogen and oxygen atoms in total. The number of fused-ring (bicyclic) bond motifs is 4. The molecule has 1 unspecified atom stereocenters. The summed E-state index contributed by atoms with van der Waals surface area (Å²) in [5, 5.41) is 0. The third-order valence-electron chi connectivity index (χ3n) is 4.64. The first kappa shape index (κ1) is 13.0. The molecule has 2 heterocycles. The summed E-state index contributed by atoms with van der Waals surface area (Å²) in [6, 6.07) is 15.6. The van der Waals surface area contributed by atoms with E-state index in [9.17, 15) is 4.79 Å². The number of allylic oxidation sites excluding steroid dienone is 1. The highest BCUT2D eigenvalue weighted by molar-refractivity contribution is 6.32. The van der Waals surface area contributed by atoms with Gasteiger partial charge >= 0.3 is 0 Å². The van der Waals surface area contributed by atoms with Crippen LogP contribution in [0.5, 0.6) is 0 Å². The number of Topliss-reactive ketones (excluding diaryl/α,β-unsaturated/α-hetero) is 1. The predicted molar refractivity (Wildman–Crippen MR) is 89.2 cm³/mol. The zero-order valence-corrected chi connectivity index (χ0v) is 12.4. The van der Waals surface area contributed by atoms with Crippen LogP contribution in [0.4, 0.5) is 11.4 Å². The van der Waals surface area contributed by atoms with E-state index >= 15 is 0 Å². The molecule has 108 valence electrons. The zero-order chi connectivity index (χ0) is 15.3. The second-order valence-electron chi connectivity index (χ2n) is 5.76. The zero-order valence-electron chi connectivity index (χ0n) is 12.4. The number of hydrogen-bond donors (Lipinski definition) is 0. The van der Waals surface area contributed by atoms with Gasteiger partial charge in [0, 0.05) is 12.6 Å². The van der Waals surface area contributed by atoms with Crippen LogP contribution in [0.2, 0.25) is 0 Å². The van der Waals surface area contributed by atoms with Crippen molar-refractivity contribution in [3.63, 3.8) is 0 Å². The van der Waals surface area contributed by atoms with E-state index in [4.69, 9.17) is 4.99 Å². The number of benzene rings is 2. The monoisotopic (exact) mass is 288 g/mol. The van der Waals surface area contributed by atoms with Gasteiger partial charge in [-0.3, -0.25) is 4.79 Å². The summed E-state index contributed by atoms with van der Waals surface area (Å²) in [5.74, 6) is 0.919. The third-order valence-corrected chi connectivity index (χ3v) is 4.64. The lowest BCUT2D eigenvalue weighted by atomic mass is 9.69. The number of likely N-dealkylation sites (N-methyl/N-ethyl adjacent to an activating group) is 1. The van der Waals surface area contributed by atoms with Crippen molar-refractivity contribution in [1.29, 1.82) is 0 Å². The van der Waals surface area contributed by atoms with Crippen molar-refractivity contribution < 1.29 is 4.79 Å². The first-order chi connectivity index (χ1) is 10.7. The second kappa shape index (κ2) is 4.41. The van der Waals surface area contributed by atoms with Crippen LogP contribution in [0, 0.1) is 0 Å². The average Bonchev–Trinajstić information content (AvgIpc) is 2.89. The molecule has 2 aromatic rings. The van der Waals surface area contributed by atoms with Crippen LogP contribution in [0.25, 0.3) is 0 Å². The van der Waals surface area contributed by atoms with Gasteiger partial charge in [0.15, 0.2) is 5.78 Å². The molecule has 0 amide bonds. The van der Waals surface area contributed by atoms with Gasteiger partial charge < -0.3 is 4.90 Å². The lowest BCUT2D eigenvalue weighted by Crippen LogP contribution is -2.52. The van der Waals surface area contributed by atoms with E-state index in [0.29, 0.717) is 6.42 Å². The Morgan fingerprint density at radius 2 is 1.91 bits per heavy atom. The summed E-state index contributed by atoms with van der Waals surface area (Å²) < 4.78 is 0. The molecule has 0 saturated heterocycles. The van der Waals surface area contributed by atoms with Crippen LogP contribution in [-0.2, 0) is 5.41 Å². The molecule has 0 bridgehead atoms. The van der Waals surface area contributed by atoms with Gasteiger partial charge in [0.1, 0.15) is 11.3 Å². The van der Waals surface area contributed by atoms with E-state index in [0.717, 1.165) is 28.3 Å². The highest BCUT2D eigenvalue weighted by atomic mass is 16.1. The Balaban J connectivity index is 2.06. The maximum absolute atomic E-state index is 13.4. The Hall–Kier alpha value is -2.68. The minimum absolute atomic E-state index is 0.116. The van der Waals surface area contributed by atoms with E-state index in [2.05, 4.69) is 6.58 Å². The molecule has 0 aliphatic carbocycles. The van der Waals surface area contributed by atoms with E-state index in [-0.39, 0.29) is 5.78 Å². The number of nitrogens with zero attached hydrogens (tertiary/aromatic N) is 2. The van der Waals surface area contributed by atoms with Gasteiger partial charge in [-0.15, -0.1) is 6.58 Å². The summed E-state index contributed by atoms with van der Waals surface area (Å²) >= 11 is 0. The molecule has 0 N–H and O–H groups in total. The van der Waals surface area contributed by atoms with Crippen LogP contribution in [-0.4, -0.2) is 18.7 Å². The first-order valence-electron chi connectivity index (χ1n) is 7.37. The van der Waals surface area contributed by atoms with Crippen molar-refractivity contribution in [2.75, 3.05) is 11.9 Å². The van der Waals surface area contributed by atoms with Gasteiger partial charge in [0.25, 0.3) is 0 Å².